The summed E-state index contributed by atoms with van der Waals surface area (Å²) in [6.07, 6.45) is 0. The number of aromatic nitrogens is 1. The molecule has 2 aromatic rings. The fourth-order valence-electron chi connectivity index (χ4n) is 1.43. The molecule has 0 spiro atoms. The van der Waals surface area contributed by atoms with Crippen molar-refractivity contribution in [1.82, 2.24) is 4.98 Å². The van der Waals surface area contributed by atoms with E-state index >= 15 is 0 Å². The van der Waals surface area contributed by atoms with Gasteiger partial charge >= 0.3 is 0 Å². The van der Waals surface area contributed by atoms with Crippen LogP contribution in [0, 0.1) is 18.6 Å². The molecule has 16 heavy (non-hydrogen) atoms. The van der Waals surface area contributed by atoms with E-state index in [0.717, 1.165) is 6.07 Å². The molecule has 0 saturated heterocycles. The predicted octanol–water partition coefficient (Wildman–Crippen LogP) is 2.97. The molecular weight excluding hydrogens is 214 g/mol. The molecule has 0 radical (unpaired) electrons. The summed E-state index contributed by atoms with van der Waals surface area (Å²) >= 11 is 0. The van der Waals surface area contributed by atoms with E-state index in [1.54, 1.807) is 14.0 Å². The summed E-state index contributed by atoms with van der Waals surface area (Å²) < 4.78 is 31.4. The van der Waals surface area contributed by atoms with Gasteiger partial charge in [0, 0.05) is 18.7 Å². The summed E-state index contributed by atoms with van der Waals surface area (Å²) in [5.74, 6) is -0.787. The second-order valence-electron chi connectivity index (χ2n) is 3.30. The van der Waals surface area contributed by atoms with Crippen molar-refractivity contribution in [3.8, 4) is 11.3 Å². The Labute approximate surface area is 91.1 Å². The minimum atomic E-state index is -0.654. The van der Waals surface area contributed by atoms with Gasteiger partial charge in [-0.1, -0.05) is 0 Å². The first-order chi connectivity index (χ1) is 7.61. The fourth-order valence-corrected chi connectivity index (χ4v) is 1.43. The molecule has 1 heterocycles. The number of oxazole rings is 1. The summed E-state index contributed by atoms with van der Waals surface area (Å²) in [4.78, 5) is 4.05. The van der Waals surface area contributed by atoms with Gasteiger partial charge in [-0.05, 0) is 19.1 Å². The number of nitrogens with zero attached hydrogens (tertiary/aromatic N) is 1. The fraction of sp³-hybridized carbons (Fsp3) is 0.182. The van der Waals surface area contributed by atoms with Crippen molar-refractivity contribution in [2.24, 2.45) is 0 Å². The molecule has 0 aliphatic carbocycles. The van der Waals surface area contributed by atoms with Gasteiger partial charge < -0.3 is 9.73 Å². The van der Waals surface area contributed by atoms with Gasteiger partial charge in [0.25, 0.3) is 6.01 Å². The number of anilines is 1. The van der Waals surface area contributed by atoms with Gasteiger partial charge in [-0.15, -0.1) is 0 Å². The zero-order valence-corrected chi connectivity index (χ0v) is 8.84. The first-order valence-corrected chi connectivity index (χ1v) is 4.72. The van der Waals surface area contributed by atoms with Crippen LogP contribution in [0.1, 0.15) is 5.76 Å². The van der Waals surface area contributed by atoms with Gasteiger partial charge in [0.1, 0.15) is 23.1 Å². The maximum atomic E-state index is 13.5. The van der Waals surface area contributed by atoms with Gasteiger partial charge in [0.15, 0.2) is 0 Å². The molecule has 0 fully saturated rings. The number of halogens is 2. The highest BCUT2D eigenvalue weighted by Crippen LogP contribution is 2.27. The summed E-state index contributed by atoms with van der Waals surface area (Å²) in [6.45, 7) is 1.67. The predicted molar refractivity (Wildman–Crippen MR) is 56.1 cm³/mol. The third kappa shape index (κ3) is 1.76. The Hall–Kier alpha value is -1.91. The Morgan fingerprint density at radius 2 is 2.06 bits per heavy atom. The molecule has 1 N–H and O–H groups in total. The van der Waals surface area contributed by atoms with Gasteiger partial charge in [0.2, 0.25) is 0 Å². The summed E-state index contributed by atoms with van der Waals surface area (Å²) in [6, 6.07) is 3.65. The van der Waals surface area contributed by atoms with Crippen LogP contribution in [0.25, 0.3) is 11.3 Å². The third-order valence-electron chi connectivity index (χ3n) is 2.20. The molecule has 1 aromatic heterocycles. The van der Waals surface area contributed by atoms with Crippen LogP contribution >= 0.6 is 0 Å². The molecule has 0 saturated carbocycles. The van der Waals surface area contributed by atoms with Crippen LogP contribution in [0.15, 0.2) is 22.6 Å². The van der Waals surface area contributed by atoms with E-state index in [1.807, 2.05) is 0 Å². The Balaban J connectivity index is 2.53. The molecule has 1 aromatic carbocycles. The van der Waals surface area contributed by atoms with Crippen LogP contribution < -0.4 is 5.32 Å². The van der Waals surface area contributed by atoms with E-state index in [9.17, 15) is 8.78 Å². The molecule has 0 bridgehead atoms. The lowest BCUT2D eigenvalue weighted by molar-refractivity contribution is 0.543. The van der Waals surface area contributed by atoms with Crippen molar-refractivity contribution in [2.75, 3.05) is 12.4 Å². The second-order valence-corrected chi connectivity index (χ2v) is 3.30. The monoisotopic (exact) mass is 224 g/mol. The van der Waals surface area contributed by atoms with Gasteiger partial charge in [-0.3, -0.25) is 0 Å². The molecule has 2 rings (SSSR count). The average molecular weight is 224 g/mol. The van der Waals surface area contributed by atoms with E-state index in [0.29, 0.717) is 17.5 Å². The Kier molecular flexibility index (Phi) is 2.60. The highest BCUT2D eigenvalue weighted by Gasteiger charge is 2.14. The molecule has 0 aliphatic rings. The van der Waals surface area contributed by atoms with Crippen LogP contribution in [0.3, 0.4) is 0 Å². The van der Waals surface area contributed by atoms with Crippen LogP contribution in [0.4, 0.5) is 14.8 Å². The first kappa shape index (κ1) is 10.6. The normalized spacial score (nSPS) is 10.5. The molecular formula is C11H10F2N2O. The Morgan fingerprint density at radius 3 is 2.62 bits per heavy atom. The quantitative estimate of drug-likeness (QED) is 0.852. The lowest BCUT2D eigenvalue weighted by Gasteiger charge is -1.99. The lowest BCUT2D eigenvalue weighted by atomic mass is 10.1. The lowest BCUT2D eigenvalue weighted by Crippen LogP contribution is -1.90. The zero-order valence-electron chi connectivity index (χ0n) is 8.84. The Morgan fingerprint density at radius 1 is 1.31 bits per heavy atom. The molecule has 0 unspecified atom stereocenters. The molecule has 0 amide bonds. The van der Waals surface area contributed by atoms with E-state index in [4.69, 9.17) is 4.42 Å². The maximum Gasteiger partial charge on any atom is 0.295 e. The number of rotatable bonds is 2. The number of benzene rings is 1. The van der Waals surface area contributed by atoms with Crippen molar-refractivity contribution < 1.29 is 13.2 Å². The zero-order chi connectivity index (χ0) is 11.7. The number of nitrogens with one attached hydrogen (secondary N) is 1. The minimum absolute atomic E-state index is 0.226. The maximum absolute atomic E-state index is 13.5. The molecule has 84 valence electrons. The van der Waals surface area contributed by atoms with Crippen LogP contribution in [-0.2, 0) is 0 Å². The standard InChI is InChI=1S/C11H10F2N2O/c1-6-10(15-11(14-2)16-6)8-4-3-7(12)5-9(8)13/h3-5H,1-2H3,(H,14,15). The Bertz CT molecular complexity index is 523. The molecule has 3 nitrogen and oxygen atoms in total. The minimum Gasteiger partial charge on any atom is -0.428 e. The second kappa shape index (κ2) is 3.92. The highest BCUT2D eigenvalue weighted by molar-refractivity contribution is 5.63. The summed E-state index contributed by atoms with van der Waals surface area (Å²) in [5, 5.41) is 2.71. The largest absolute Gasteiger partial charge is 0.428 e. The number of aryl methyl sites for hydroxylation is 1. The SMILES string of the molecule is CNc1nc(-c2ccc(F)cc2F)c(C)o1. The summed E-state index contributed by atoms with van der Waals surface area (Å²) in [7, 11) is 1.65. The van der Waals surface area contributed by atoms with Crippen LogP contribution in [0.2, 0.25) is 0 Å². The smallest absolute Gasteiger partial charge is 0.295 e. The van der Waals surface area contributed by atoms with E-state index in [1.165, 1.54) is 12.1 Å². The van der Waals surface area contributed by atoms with Crippen molar-refractivity contribution in [1.29, 1.82) is 0 Å². The van der Waals surface area contributed by atoms with E-state index < -0.39 is 11.6 Å². The van der Waals surface area contributed by atoms with Gasteiger partial charge in [-0.25, -0.2) is 8.78 Å². The topological polar surface area (TPSA) is 38.1 Å². The van der Waals surface area contributed by atoms with Crippen LogP contribution in [0.5, 0.6) is 0 Å². The van der Waals surface area contributed by atoms with Crippen molar-refractivity contribution in [3.63, 3.8) is 0 Å². The van der Waals surface area contributed by atoms with Crippen molar-refractivity contribution in [2.45, 2.75) is 6.92 Å². The average Bonchev–Trinajstić information content (AvgIpc) is 2.60. The van der Waals surface area contributed by atoms with E-state index in [-0.39, 0.29) is 5.56 Å². The van der Waals surface area contributed by atoms with E-state index in [2.05, 4.69) is 10.3 Å². The molecule has 0 aliphatic heterocycles. The third-order valence-corrected chi connectivity index (χ3v) is 2.20. The van der Waals surface area contributed by atoms with Crippen LogP contribution in [-0.4, -0.2) is 12.0 Å². The molecule has 0 atom stereocenters. The van der Waals surface area contributed by atoms with Crippen molar-refractivity contribution >= 4 is 6.01 Å². The van der Waals surface area contributed by atoms with Gasteiger partial charge in [0.05, 0.1) is 0 Å². The molecule has 5 heteroatoms. The van der Waals surface area contributed by atoms with Crippen molar-refractivity contribution in [3.05, 3.63) is 35.6 Å². The summed E-state index contributed by atoms with van der Waals surface area (Å²) in [5.41, 5.74) is 0.603. The highest BCUT2D eigenvalue weighted by atomic mass is 19.1. The number of hydrogen-bond donors (Lipinski definition) is 1. The first-order valence-electron chi connectivity index (χ1n) is 4.72. The number of hydrogen-bond acceptors (Lipinski definition) is 3. The van der Waals surface area contributed by atoms with Gasteiger partial charge in [-0.2, -0.15) is 4.98 Å².